The molecule has 1 nitrogen and oxygen atoms in total. The molecule has 2 heteroatoms. The van der Waals surface area contributed by atoms with Gasteiger partial charge in [-0.1, -0.05) is 42.5 Å². The molecule has 0 bridgehead atoms. The van der Waals surface area contributed by atoms with Crippen LogP contribution in [0.1, 0.15) is 0 Å². The lowest BCUT2D eigenvalue weighted by Crippen LogP contribution is -2.02. The minimum Gasteiger partial charge on any atom is -0.872 e. The van der Waals surface area contributed by atoms with Crippen molar-refractivity contribution in [3.63, 3.8) is 0 Å². The maximum atomic E-state index is 11.3. The standard InChI is InChI=1S/C16H13OP/c17-14-8-6-13-11-16(9-7-12(13)10-14)18-15-4-2-1-3-5-15/h1-11,17-18H. The van der Waals surface area contributed by atoms with Gasteiger partial charge >= 0.3 is 0 Å². The molecule has 88 valence electrons. The van der Waals surface area contributed by atoms with Crippen molar-refractivity contribution in [3.05, 3.63) is 66.7 Å². The van der Waals surface area contributed by atoms with Crippen LogP contribution >= 0.6 is 8.58 Å². The first-order chi connectivity index (χ1) is 8.81. The average Bonchev–Trinajstić information content (AvgIpc) is 2.40. The van der Waals surface area contributed by atoms with Crippen molar-refractivity contribution < 1.29 is 5.11 Å². The summed E-state index contributed by atoms with van der Waals surface area (Å²) in [4.78, 5) is 0. The minimum absolute atomic E-state index is 0.0747. The molecule has 18 heavy (non-hydrogen) atoms. The van der Waals surface area contributed by atoms with Gasteiger partial charge in [-0.05, 0) is 35.0 Å². The van der Waals surface area contributed by atoms with E-state index in [2.05, 4.69) is 36.4 Å². The molecule has 0 aliphatic rings. The van der Waals surface area contributed by atoms with Crippen molar-refractivity contribution in [1.29, 1.82) is 0 Å². The van der Waals surface area contributed by atoms with Crippen LogP contribution < -0.4 is 15.7 Å². The van der Waals surface area contributed by atoms with Crippen molar-refractivity contribution in [3.8, 4) is 5.75 Å². The van der Waals surface area contributed by atoms with Crippen molar-refractivity contribution in [2.75, 3.05) is 0 Å². The fraction of sp³-hybridized carbons (Fsp3) is 0. The first kappa shape index (κ1) is 11.3. The molecular weight excluding hydrogens is 239 g/mol. The number of hydrogen-bond donors (Lipinski definition) is 0. The molecule has 3 aromatic carbocycles. The molecule has 0 N–H and O–H groups in total. The molecule has 0 amide bonds. The van der Waals surface area contributed by atoms with Gasteiger partial charge in [0.25, 0.3) is 0 Å². The molecule has 3 rings (SSSR count). The molecule has 0 aromatic heterocycles. The molecular formula is C16H13OP. The lowest BCUT2D eigenvalue weighted by atomic mass is 10.1. The van der Waals surface area contributed by atoms with Crippen molar-refractivity contribution in [2.24, 2.45) is 0 Å². The predicted octanol–water partition coefficient (Wildman–Crippen LogP) is 2.27. The highest BCUT2D eigenvalue weighted by Crippen LogP contribution is 2.20. The minimum atomic E-state index is 0.0747. The molecule has 0 fully saturated rings. The highest BCUT2D eigenvalue weighted by Gasteiger charge is 2.04. The molecule has 0 aliphatic heterocycles. The van der Waals surface area contributed by atoms with Gasteiger partial charge in [0.1, 0.15) is 0 Å². The largest absolute Gasteiger partial charge is 0.872 e. The second-order valence-electron chi connectivity index (χ2n) is 4.32. The number of rotatable bonds is 2. The fourth-order valence-electron chi connectivity index (χ4n) is 2.07. The second kappa shape index (κ2) is 4.80. The van der Waals surface area contributed by atoms with Gasteiger partial charge in [0, 0.05) is 0 Å². The summed E-state index contributed by atoms with van der Waals surface area (Å²) >= 11 is 0. The maximum absolute atomic E-state index is 11.3. The maximum Gasteiger partial charge on any atom is 0.0948 e. The molecule has 0 saturated carbocycles. The third-order valence-electron chi connectivity index (χ3n) is 2.97. The third-order valence-corrected chi connectivity index (χ3v) is 4.38. The van der Waals surface area contributed by atoms with Crippen LogP contribution in [0.15, 0.2) is 66.7 Å². The summed E-state index contributed by atoms with van der Waals surface area (Å²) in [7, 11) is 0.124. The monoisotopic (exact) mass is 252 g/mol. The van der Waals surface area contributed by atoms with E-state index in [0.29, 0.717) is 0 Å². The average molecular weight is 252 g/mol. The Kier molecular flexibility index (Phi) is 3.00. The van der Waals surface area contributed by atoms with E-state index in [1.54, 1.807) is 12.1 Å². The summed E-state index contributed by atoms with van der Waals surface area (Å²) in [6.45, 7) is 0. The SMILES string of the molecule is [O-]c1ccc2cc([PH2+]c3ccccc3)ccc2c1. The molecule has 0 heterocycles. The number of fused-ring (bicyclic) bond motifs is 1. The van der Waals surface area contributed by atoms with Gasteiger partial charge < -0.3 is 5.11 Å². The zero-order valence-electron chi connectivity index (χ0n) is 9.84. The summed E-state index contributed by atoms with van der Waals surface area (Å²) in [6.07, 6.45) is 0. The Bertz CT molecular complexity index is 677. The number of benzene rings is 3. The van der Waals surface area contributed by atoms with Gasteiger partial charge in [-0.2, -0.15) is 0 Å². The Balaban J connectivity index is 1.96. The Morgan fingerprint density at radius 1 is 0.667 bits per heavy atom. The quantitative estimate of drug-likeness (QED) is 0.642. The summed E-state index contributed by atoms with van der Waals surface area (Å²) in [5.74, 6) is 0.0747. The van der Waals surface area contributed by atoms with E-state index in [-0.39, 0.29) is 14.3 Å². The van der Waals surface area contributed by atoms with E-state index in [9.17, 15) is 5.11 Å². The fourth-order valence-corrected chi connectivity index (χ4v) is 3.33. The van der Waals surface area contributed by atoms with Gasteiger partial charge in [-0.15, -0.1) is 5.75 Å². The Hall–Kier alpha value is -1.85. The zero-order valence-corrected chi connectivity index (χ0v) is 11.0. The summed E-state index contributed by atoms with van der Waals surface area (Å²) in [6, 6.07) is 22.1. The zero-order chi connectivity index (χ0) is 12.4. The lowest BCUT2D eigenvalue weighted by molar-refractivity contribution is -0.268. The summed E-state index contributed by atoms with van der Waals surface area (Å²) in [5.41, 5.74) is 0. The molecule has 0 spiro atoms. The van der Waals surface area contributed by atoms with Crippen molar-refractivity contribution in [2.45, 2.75) is 0 Å². The van der Waals surface area contributed by atoms with Gasteiger partial charge in [0.15, 0.2) is 0 Å². The van der Waals surface area contributed by atoms with E-state index >= 15 is 0 Å². The van der Waals surface area contributed by atoms with Crippen LogP contribution in [-0.4, -0.2) is 0 Å². The first-order valence-electron chi connectivity index (χ1n) is 5.92. The van der Waals surface area contributed by atoms with Crippen LogP contribution in [0.3, 0.4) is 0 Å². The van der Waals surface area contributed by atoms with Crippen LogP contribution in [0.2, 0.25) is 0 Å². The third kappa shape index (κ3) is 2.37. The second-order valence-corrected chi connectivity index (χ2v) is 5.95. The summed E-state index contributed by atoms with van der Waals surface area (Å²) < 4.78 is 0. The normalized spacial score (nSPS) is 11.3. The van der Waals surface area contributed by atoms with E-state index in [1.807, 2.05) is 18.2 Å². The van der Waals surface area contributed by atoms with E-state index in [1.165, 1.54) is 10.6 Å². The molecule has 3 aromatic rings. The van der Waals surface area contributed by atoms with Crippen molar-refractivity contribution >= 4 is 30.0 Å². The Labute approximate surface area is 108 Å². The topological polar surface area (TPSA) is 23.1 Å². The highest BCUT2D eigenvalue weighted by molar-refractivity contribution is 7.55. The van der Waals surface area contributed by atoms with Gasteiger partial charge in [0.05, 0.1) is 19.2 Å². The molecule has 0 radical (unpaired) electrons. The molecule has 0 saturated heterocycles. The van der Waals surface area contributed by atoms with Gasteiger partial charge in [-0.25, -0.2) is 0 Å². The van der Waals surface area contributed by atoms with Crippen LogP contribution in [-0.2, 0) is 0 Å². The molecule has 1 atom stereocenters. The number of hydrogen-bond acceptors (Lipinski definition) is 1. The van der Waals surface area contributed by atoms with Crippen LogP contribution in [0.5, 0.6) is 5.75 Å². The molecule has 0 aliphatic carbocycles. The smallest absolute Gasteiger partial charge is 0.0948 e. The lowest BCUT2D eigenvalue weighted by Gasteiger charge is -2.06. The predicted molar refractivity (Wildman–Crippen MR) is 78.8 cm³/mol. The van der Waals surface area contributed by atoms with Crippen LogP contribution in [0.25, 0.3) is 10.8 Å². The molecule has 1 unspecified atom stereocenters. The summed E-state index contributed by atoms with van der Waals surface area (Å²) in [5, 5.41) is 16.2. The van der Waals surface area contributed by atoms with Gasteiger partial charge in [-0.3, -0.25) is 0 Å². The van der Waals surface area contributed by atoms with Crippen LogP contribution in [0, 0.1) is 0 Å². The van der Waals surface area contributed by atoms with Gasteiger partial charge in [0.2, 0.25) is 0 Å². The van der Waals surface area contributed by atoms with E-state index in [0.717, 1.165) is 10.8 Å². The highest BCUT2D eigenvalue weighted by atomic mass is 31.1. The first-order valence-corrected chi connectivity index (χ1v) is 7.07. The van der Waals surface area contributed by atoms with E-state index in [4.69, 9.17) is 0 Å². The van der Waals surface area contributed by atoms with Crippen LogP contribution in [0.4, 0.5) is 0 Å². The van der Waals surface area contributed by atoms with E-state index < -0.39 is 0 Å². The Morgan fingerprint density at radius 3 is 2.22 bits per heavy atom. The van der Waals surface area contributed by atoms with Crippen molar-refractivity contribution in [1.82, 2.24) is 0 Å². The Morgan fingerprint density at radius 2 is 1.39 bits per heavy atom.